The number of nitrogens with zero attached hydrogens (tertiary/aromatic N) is 4. The minimum Gasteiger partial charge on any atom is -0.481 e. The molecule has 1 amide bonds. The van der Waals surface area contributed by atoms with E-state index in [-0.39, 0.29) is 23.9 Å². The smallest absolute Gasteiger partial charge is 0.223 e. The second kappa shape index (κ2) is 10.2. The number of likely N-dealkylation sites (tertiary alicyclic amines) is 1. The number of aromatic nitrogens is 1. The van der Waals surface area contributed by atoms with Crippen molar-refractivity contribution < 1.29 is 18.3 Å². The van der Waals surface area contributed by atoms with Gasteiger partial charge < -0.3 is 9.64 Å². The highest BCUT2D eigenvalue weighted by Crippen LogP contribution is 2.30. The van der Waals surface area contributed by atoms with E-state index in [2.05, 4.69) is 9.88 Å². The van der Waals surface area contributed by atoms with Gasteiger partial charge in [0.25, 0.3) is 0 Å². The molecule has 3 aliphatic rings. The molecule has 4 heterocycles. The summed E-state index contributed by atoms with van der Waals surface area (Å²) in [4.78, 5) is 26.3. The van der Waals surface area contributed by atoms with Crippen LogP contribution in [-0.4, -0.2) is 66.2 Å². The number of pyridine rings is 1. The Hall–Kier alpha value is -3.13. The van der Waals surface area contributed by atoms with Crippen molar-refractivity contribution in [1.29, 1.82) is 0 Å². The minimum atomic E-state index is -0.512. The van der Waals surface area contributed by atoms with Gasteiger partial charge in [0.1, 0.15) is 11.6 Å². The highest BCUT2D eigenvalue weighted by atomic mass is 19.1. The third kappa shape index (κ3) is 5.12. The van der Waals surface area contributed by atoms with Gasteiger partial charge >= 0.3 is 0 Å². The SMILES string of the molecule is COc1ccc(C2=NCC3=C2CN(C(=O)C[C@@H]2CCCN(Cc4c(F)cccc4F)C2)CC3)cn1. The molecule has 1 aromatic carbocycles. The molecule has 0 N–H and O–H groups in total. The molecule has 0 aliphatic carbocycles. The van der Waals surface area contributed by atoms with E-state index in [9.17, 15) is 13.6 Å². The van der Waals surface area contributed by atoms with Gasteiger partial charge in [-0.25, -0.2) is 13.8 Å². The molecule has 3 aliphatic heterocycles. The number of hydrogen-bond donors (Lipinski definition) is 0. The van der Waals surface area contributed by atoms with E-state index in [0.29, 0.717) is 38.5 Å². The maximum Gasteiger partial charge on any atom is 0.223 e. The van der Waals surface area contributed by atoms with Crippen molar-refractivity contribution in [3.63, 3.8) is 0 Å². The summed E-state index contributed by atoms with van der Waals surface area (Å²) in [7, 11) is 1.59. The van der Waals surface area contributed by atoms with Gasteiger partial charge in [0, 0.05) is 56.0 Å². The van der Waals surface area contributed by atoms with E-state index in [1.165, 1.54) is 23.8 Å². The Kier molecular flexibility index (Phi) is 6.90. The van der Waals surface area contributed by atoms with E-state index in [0.717, 1.165) is 42.7 Å². The summed E-state index contributed by atoms with van der Waals surface area (Å²) in [6.45, 7) is 3.65. The maximum atomic E-state index is 14.1. The number of amides is 1. The lowest BCUT2D eigenvalue weighted by Gasteiger charge is -2.35. The lowest BCUT2D eigenvalue weighted by Crippen LogP contribution is -2.41. The van der Waals surface area contributed by atoms with Crippen LogP contribution in [0.3, 0.4) is 0 Å². The number of rotatable bonds is 6. The summed E-state index contributed by atoms with van der Waals surface area (Å²) >= 11 is 0. The first-order valence-electron chi connectivity index (χ1n) is 12.2. The molecule has 35 heavy (non-hydrogen) atoms. The molecule has 8 heteroatoms. The van der Waals surface area contributed by atoms with Crippen molar-refractivity contribution in [2.75, 3.05) is 39.8 Å². The van der Waals surface area contributed by atoms with Crippen molar-refractivity contribution in [3.05, 3.63) is 70.4 Å². The van der Waals surface area contributed by atoms with Crippen LogP contribution in [0.5, 0.6) is 5.88 Å². The number of carbonyl (C=O) groups excluding carboxylic acids is 1. The highest BCUT2D eigenvalue weighted by Gasteiger charge is 2.31. The Morgan fingerprint density at radius 3 is 2.74 bits per heavy atom. The first kappa shape index (κ1) is 23.6. The zero-order valence-electron chi connectivity index (χ0n) is 20.0. The summed E-state index contributed by atoms with van der Waals surface area (Å²) in [6, 6.07) is 7.76. The number of piperidine rings is 1. The average Bonchev–Trinajstić information content (AvgIpc) is 3.30. The van der Waals surface area contributed by atoms with Crippen molar-refractivity contribution in [2.24, 2.45) is 10.9 Å². The van der Waals surface area contributed by atoms with E-state index in [4.69, 9.17) is 9.73 Å². The van der Waals surface area contributed by atoms with Crippen molar-refractivity contribution in [3.8, 4) is 5.88 Å². The first-order valence-corrected chi connectivity index (χ1v) is 12.2. The van der Waals surface area contributed by atoms with Crippen LogP contribution >= 0.6 is 0 Å². The Labute approximate surface area is 204 Å². The Balaban J connectivity index is 1.20. The predicted molar refractivity (Wildman–Crippen MR) is 129 cm³/mol. The molecule has 184 valence electrons. The Morgan fingerprint density at radius 2 is 2.00 bits per heavy atom. The van der Waals surface area contributed by atoms with Crippen LogP contribution in [0.2, 0.25) is 0 Å². The van der Waals surface area contributed by atoms with Gasteiger partial charge in [0.2, 0.25) is 11.8 Å². The van der Waals surface area contributed by atoms with Crippen molar-refractivity contribution in [2.45, 2.75) is 32.2 Å². The van der Waals surface area contributed by atoms with Crippen LogP contribution in [0.25, 0.3) is 0 Å². The van der Waals surface area contributed by atoms with Crippen LogP contribution < -0.4 is 4.74 Å². The number of halogens is 2. The molecule has 2 aromatic rings. The Morgan fingerprint density at radius 1 is 1.17 bits per heavy atom. The molecular formula is C27H30F2N4O2. The van der Waals surface area contributed by atoms with Gasteiger partial charge in [-0.2, -0.15) is 0 Å². The van der Waals surface area contributed by atoms with Crippen LogP contribution in [0.4, 0.5) is 8.78 Å². The van der Waals surface area contributed by atoms with Gasteiger partial charge in [-0.3, -0.25) is 14.7 Å². The standard InChI is InChI=1S/C27H30F2N4O2/c1-35-25-8-7-20(14-30-25)27-21-17-33(11-9-19(21)13-31-27)26(34)12-18-4-3-10-32(15-18)16-22-23(28)5-2-6-24(22)29/h2,5-8,14,18H,3-4,9-13,15-17H2,1H3/t18-/m0/s1. The van der Waals surface area contributed by atoms with Crippen molar-refractivity contribution >= 4 is 11.6 Å². The number of benzene rings is 1. The number of carbonyl (C=O) groups is 1. The number of aliphatic imine (C=N–C) groups is 1. The van der Waals surface area contributed by atoms with Gasteiger partial charge in [0.15, 0.2) is 0 Å². The molecule has 0 radical (unpaired) electrons. The van der Waals surface area contributed by atoms with Gasteiger partial charge in [0.05, 0.1) is 19.4 Å². The third-order valence-corrected chi connectivity index (χ3v) is 7.25. The molecule has 0 unspecified atom stereocenters. The number of ether oxygens (including phenoxy) is 1. The van der Waals surface area contributed by atoms with Crippen LogP contribution in [0.1, 0.15) is 36.8 Å². The highest BCUT2D eigenvalue weighted by molar-refractivity contribution is 6.15. The maximum absolute atomic E-state index is 14.1. The number of methoxy groups -OCH3 is 1. The van der Waals surface area contributed by atoms with Gasteiger partial charge in [-0.15, -0.1) is 0 Å². The summed E-state index contributed by atoms with van der Waals surface area (Å²) in [6.07, 6.45) is 4.93. The molecule has 6 nitrogen and oxygen atoms in total. The summed E-state index contributed by atoms with van der Waals surface area (Å²) < 4.78 is 33.4. The van der Waals surface area contributed by atoms with E-state index >= 15 is 0 Å². The molecule has 1 aromatic heterocycles. The van der Waals surface area contributed by atoms with E-state index < -0.39 is 11.6 Å². The van der Waals surface area contributed by atoms with Crippen molar-refractivity contribution in [1.82, 2.24) is 14.8 Å². The first-order chi connectivity index (χ1) is 17.0. The average molecular weight is 481 g/mol. The van der Waals surface area contributed by atoms with E-state index in [1.54, 1.807) is 13.3 Å². The van der Waals surface area contributed by atoms with Crippen LogP contribution in [0, 0.1) is 17.6 Å². The van der Waals surface area contributed by atoms with E-state index in [1.807, 2.05) is 17.0 Å². The van der Waals surface area contributed by atoms with Crippen LogP contribution in [-0.2, 0) is 11.3 Å². The minimum absolute atomic E-state index is 0.107. The summed E-state index contributed by atoms with van der Waals surface area (Å²) in [5.74, 6) is -0.145. The lowest BCUT2D eigenvalue weighted by atomic mass is 9.92. The fourth-order valence-corrected chi connectivity index (χ4v) is 5.35. The fourth-order valence-electron chi connectivity index (χ4n) is 5.35. The Bertz CT molecular complexity index is 1140. The zero-order chi connectivity index (χ0) is 24.4. The molecule has 0 bridgehead atoms. The second-order valence-corrected chi connectivity index (χ2v) is 9.55. The molecule has 0 spiro atoms. The van der Waals surface area contributed by atoms with Gasteiger partial charge in [-0.1, -0.05) is 6.07 Å². The van der Waals surface area contributed by atoms with Gasteiger partial charge in [-0.05, 0) is 61.1 Å². The summed E-state index contributed by atoms with van der Waals surface area (Å²) in [5.41, 5.74) is 4.40. The molecule has 1 atom stereocenters. The molecule has 5 rings (SSSR count). The lowest BCUT2D eigenvalue weighted by molar-refractivity contribution is -0.132. The largest absolute Gasteiger partial charge is 0.481 e. The second-order valence-electron chi connectivity index (χ2n) is 9.55. The fraction of sp³-hybridized carbons (Fsp3) is 0.444. The predicted octanol–water partition coefficient (Wildman–Crippen LogP) is 4.00. The quantitative estimate of drug-likeness (QED) is 0.627. The number of hydrogen-bond acceptors (Lipinski definition) is 5. The third-order valence-electron chi connectivity index (χ3n) is 7.25. The topological polar surface area (TPSA) is 58.0 Å². The van der Waals surface area contributed by atoms with Crippen LogP contribution in [0.15, 0.2) is 52.7 Å². The zero-order valence-corrected chi connectivity index (χ0v) is 20.0. The molecule has 1 saturated heterocycles. The molecular weight excluding hydrogens is 450 g/mol. The molecule has 1 fully saturated rings. The monoisotopic (exact) mass is 480 g/mol. The normalized spacial score (nSPS) is 20.6. The molecule has 0 saturated carbocycles. The summed E-state index contributed by atoms with van der Waals surface area (Å²) in [5, 5.41) is 0.